The molecule has 3 rings (SSSR count). The van der Waals surface area contributed by atoms with Crippen molar-refractivity contribution in [1.82, 2.24) is 4.98 Å². The lowest BCUT2D eigenvalue weighted by Crippen LogP contribution is -1.97. The number of ether oxygens (including phenoxy) is 1. The van der Waals surface area contributed by atoms with Crippen LogP contribution in [0.5, 0.6) is 11.6 Å². The summed E-state index contributed by atoms with van der Waals surface area (Å²) < 4.78 is 5.80. The number of pyridine rings is 1. The van der Waals surface area contributed by atoms with Crippen LogP contribution in [0.15, 0.2) is 30.3 Å². The zero-order valence-electron chi connectivity index (χ0n) is 11.1. The highest BCUT2D eigenvalue weighted by Gasteiger charge is 2.13. The van der Waals surface area contributed by atoms with Crippen LogP contribution in [-0.2, 0) is 19.3 Å². The van der Waals surface area contributed by atoms with Gasteiger partial charge in [0.2, 0.25) is 5.88 Å². The zero-order valence-corrected chi connectivity index (χ0v) is 11.1. The Kier molecular flexibility index (Phi) is 3.11. The Morgan fingerprint density at radius 1 is 1.21 bits per heavy atom. The van der Waals surface area contributed by atoms with E-state index in [0.29, 0.717) is 17.3 Å². The highest BCUT2D eigenvalue weighted by molar-refractivity contribution is 5.55. The van der Waals surface area contributed by atoms with E-state index in [-0.39, 0.29) is 0 Å². The van der Waals surface area contributed by atoms with Crippen LogP contribution in [0, 0.1) is 0 Å². The monoisotopic (exact) mass is 254 g/mol. The fourth-order valence-electron chi connectivity index (χ4n) is 2.48. The first-order valence-corrected chi connectivity index (χ1v) is 6.81. The van der Waals surface area contributed by atoms with Gasteiger partial charge in [-0.1, -0.05) is 19.1 Å². The minimum absolute atomic E-state index is 0.636. The summed E-state index contributed by atoms with van der Waals surface area (Å²) in [4.78, 5) is 4.55. The molecule has 0 saturated carbocycles. The summed E-state index contributed by atoms with van der Waals surface area (Å²) in [6.07, 6.45) is 4.35. The van der Waals surface area contributed by atoms with Crippen molar-refractivity contribution >= 4 is 5.69 Å². The third kappa shape index (κ3) is 2.41. The number of benzene rings is 1. The second kappa shape index (κ2) is 4.92. The molecule has 1 aromatic heterocycles. The molecule has 0 aliphatic heterocycles. The van der Waals surface area contributed by atoms with Crippen LogP contribution in [0.3, 0.4) is 0 Å². The lowest BCUT2D eigenvalue weighted by atomic mass is 10.1. The van der Waals surface area contributed by atoms with Crippen LogP contribution in [0.25, 0.3) is 0 Å². The maximum absolute atomic E-state index is 6.00. The van der Waals surface area contributed by atoms with Crippen LogP contribution >= 0.6 is 0 Å². The normalized spacial score (nSPS) is 13.3. The first-order chi connectivity index (χ1) is 9.26. The van der Waals surface area contributed by atoms with Crippen LogP contribution < -0.4 is 10.5 Å². The Bertz CT molecular complexity index is 608. The Labute approximate surface area is 113 Å². The highest BCUT2D eigenvalue weighted by Crippen LogP contribution is 2.29. The largest absolute Gasteiger partial charge is 0.437 e. The van der Waals surface area contributed by atoms with E-state index in [1.54, 1.807) is 0 Å². The van der Waals surface area contributed by atoms with Crippen LogP contribution in [0.1, 0.15) is 30.2 Å². The molecule has 0 saturated heterocycles. The zero-order chi connectivity index (χ0) is 13.2. The van der Waals surface area contributed by atoms with Gasteiger partial charge in [-0.3, -0.25) is 0 Å². The minimum atomic E-state index is 0.636. The van der Waals surface area contributed by atoms with Crippen molar-refractivity contribution in [3.8, 4) is 11.6 Å². The van der Waals surface area contributed by atoms with Gasteiger partial charge in [0, 0.05) is 11.8 Å². The van der Waals surface area contributed by atoms with Crippen LogP contribution in [-0.4, -0.2) is 4.98 Å². The average Bonchev–Trinajstić information content (AvgIpc) is 2.88. The maximum atomic E-state index is 6.00. The van der Waals surface area contributed by atoms with Crippen molar-refractivity contribution in [1.29, 1.82) is 0 Å². The number of hydrogen-bond acceptors (Lipinski definition) is 3. The first kappa shape index (κ1) is 12.0. The molecule has 2 aromatic rings. The van der Waals surface area contributed by atoms with Gasteiger partial charge in [0.1, 0.15) is 0 Å². The summed E-state index contributed by atoms with van der Waals surface area (Å²) in [6.45, 7) is 2.11. The number of aromatic nitrogens is 1. The average molecular weight is 254 g/mol. The van der Waals surface area contributed by atoms with Crippen molar-refractivity contribution in [3.05, 3.63) is 47.2 Å². The number of nitrogen functional groups attached to an aromatic ring is 1. The van der Waals surface area contributed by atoms with Gasteiger partial charge in [0.15, 0.2) is 5.75 Å². The number of fused-ring (bicyclic) bond motifs is 1. The standard InChI is InChI=1S/C16H18N2O/c1-2-11-6-8-15(13(17)10-11)19-16-9-7-12-4-3-5-14(12)18-16/h6-10H,2-5,17H2,1H3. The molecule has 0 fully saturated rings. The third-order valence-electron chi connectivity index (χ3n) is 3.60. The predicted molar refractivity (Wildman–Crippen MR) is 76.6 cm³/mol. The predicted octanol–water partition coefficient (Wildman–Crippen LogP) is 3.51. The Hall–Kier alpha value is -2.03. The fraction of sp³-hybridized carbons (Fsp3) is 0.312. The van der Waals surface area contributed by atoms with Crippen molar-refractivity contribution in [3.63, 3.8) is 0 Å². The topological polar surface area (TPSA) is 48.1 Å². The minimum Gasteiger partial charge on any atom is -0.437 e. The van der Waals surface area contributed by atoms with Gasteiger partial charge in [-0.05, 0) is 48.9 Å². The fourth-order valence-corrected chi connectivity index (χ4v) is 2.48. The molecular weight excluding hydrogens is 236 g/mol. The van der Waals surface area contributed by atoms with Crippen molar-refractivity contribution in [2.24, 2.45) is 0 Å². The lowest BCUT2D eigenvalue weighted by molar-refractivity contribution is 0.463. The molecule has 19 heavy (non-hydrogen) atoms. The molecule has 0 radical (unpaired) electrons. The molecule has 2 N–H and O–H groups in total. The Morgan fingerprint density at radius 2 is 2.11 bits per heavy atom. The van der Waals surface area contributed by atoms with Crippen molar-refractivity contribution in [2.45, 2.75) is 32.6 Å². The van der Waals surface area contributed by atoms with Gasteiger partial charge in [-0.2, -0.15) is 0 Å². The van der Waals surface area contributed by atoms with Gasteiger partial charge in [-0.25, -0.2) is 4.98 Å². The molecule has 1 aromatic carbocycles. The summed E-state index contributed by atoms with van der Waals surface area (Å²) in [5, 5.41) is 0. The quantitative estimate of drug-likeness (QED) is 0.853. The van der Waals surface area contributed by atoms with Gasteiger partial charge in [-0.15, -0.1) is 0 Å². The number of rotatable bonds is 3. The molecule has 0 bridgehead atoms. The number of nitrogens with zero attached hydrogens (tertiary/aromatic N) is 1. The van der Waals surface area contributed by atoms with E-state index in [1.807, 2.05) is 24.3 Å². The van der Waals surface area contributed by atoms with Gasteiger partial charge in [0.25, 0.3) is 0 Å². The van der Waals surface area contributed by atoms with E-state index >= 15 is 0 Å². The van der Waals surface area contributed by atoms with Crippen LogP contribution in [0.4, 0.5) is 5.69 Å². The summed E-state index contributed by atoms with van der Waals surface area (Å²) in [5.74, 6) is 1.32. The molecule has 1 aliphatic carbocycles. The molecule has 1 heterocycles. The Morgan fingerprint density at radius 3 is 2.89 bits per heavy atom. The summed E-state index contributed by atoms with van der Waals surface area (Å²) in [7, 11) is 0. The molecule has 0 atom stereocenters. The number of aryl methyl sites for hydroxylation is 3. The van der Waals surface area contributed by atoms with Gasteiger partial charge in [0.05, 0.1) is 5.69 Å². The summed E-state index contributed by atoms with van der Waals surface area (Å²) in [6, 6.07) is 9.96. The molecule has 0 amide bonds. The summed E-state index contributed by atoms with van der Waals surface area (Å²) in [5.41, 5.74) is 10.4. The SMILES string of the molecule is CCc1ccc(Oc2ccc3c(n2)CCC3)c(N)c1. The Balaban J connectivity index is 1.85. The van der Waals surface area contributed by atoms with Gasteiger partial charge >= 0.3 is 0 Å². The van der Waals surface area contributed by atoms with E-state index in [9.17, 15) is 0 Å². The molecule has 0 spiro atoms. The number of hydrogen-bond donors (Lipinski definition) is 1. The smallest absolute Gasteiger partial charge is 0.219 e. The molecule has 1 aliphatic rings. The van der Waals surface area contributed by atoms with E-state index in [4.69, 9.17) is 10.5 Å². The second-order valence-electron chi connectivity index (χ2n) is 4.94. The second-order valence-corrected chi connectivity index (χ2v) is 4.94. The molecular formula is C16H18N2O. The molecule has 98 valence electrons. The van der Waals surface area contributed by atoms with Crippen molar-refractivity contribution < 1.29 is 4.74 Å². The summed E-state index contributed by atoms with van der Waals surface area (Å²) >= 11 is 0. The number of nitrogens with two attached hydrogens (primary N) is 1. The highest BCUT2D eigenvalue weighted by atomic mass is 16.5. The van der Waals surface area contributed by atoms with E-state index in [2.05, 4.69) is 18.0 Å². The lowest BCUT2D eigenvalue weighted by Gasteiger charge is -2.10. The molecule has 3 heteroatoms. The van der Waals surface area contributed by atoms with E-state index in [0.717, 1.165) is 19.3 Å². The number of anilines is 1. The molecule has 0 unspecified atom stereocenters. The van der Waals surface area contributed by atoms with E-state index in [1.165, 1.54) is 23.2 Å². The third-order valence-corrected chi connectivity index (χ3v) is 3.60. The molecule has 3 nitrogen and oxygen atoms in total. The van der Waals surface area contributed by atoms with E-state index < -0.39 is 0 Å². The first-order valence-electron chi connectivity index (χ1n) is 6.81. The maximum Gasteiger partial charge on any atom is 0.219 e. The van der Waals surface area contributed by atoms with Gasteiger partial charge < -0.3 is 10.5 Å². The van der Waals surface area contributed by atoms with Crippen molar-refractivity contribution in [2.75, 3.05) is 5.73 Å². The van der Waals surface area contributed by atoms with Crippen LogP contribution in [0.2, 0.25) is 0 Å².